The van der Waals surface area contributed by atoms with Crippen molar-refractivity contribution in [1.29, 1.82) is 0 Å². The van der Waals surface area contributed by atoms with Crippen molar-refractivity contribution in [3.63, 3.8) is 0 Å². The van der Waals surface area contributed by atoms with Gasteiger partial charge in [-0.05, 0) is 13.6 Å². The lowest BCUT2D eigenvalue weighted by Crippen LogP contribution is -1.98. The van der Waals surface area contributed by atoms with Gasteiger partial charge >= 0.3 is 0 Å². The van der Waals surface area contributed by atoms with Crippen LogP contribution < -0.4 is 5.43 Å². The van der Waals surface area contributed by atoms with Gasteiger partial charge in [0.2, 0.25) is 0 Å². The summed E-state index contributed by atoms with van der Waals surface area (Å²) in [6.07, 6.45) is 1.31. The molecular weight excluding hydrogens is 102 g/mol. The highest BCUT2D eigenvalue weighted by atomic mass is 15.3. The van der Waals surface area contributed by atoms with Gasteiger partial charge in [0, 0.05) is 5.70 Å². The van der Waals surface area contributed by atoms with Crippen molar-refractivity contribution in [1.82, 2.24) is 5.43 Å². The Bertz CT molecular complexity index is 115. The summed E-state index contributed by atoms with van der Waals surface area (Å²) in [7, 11) is 0. The smallest absolute Gasteiger partial charge is 0.134 e. The van der Waals surface area contributed by atoms with E-state index in [0.29, 0.717) is 0 Å². The van der Waals surface area contributed by atoms with E-state index in [1.165, 1.54) is 6.34 Å². The SMILES string of the molecule is C=N/C=N\NC(=C)C. The second-order valence-electron chi connectivity index (χ2n) is 1.32. The summed E-state index contributed by atoms with van der Waals surface area (Å²) < 4.78 is 0. The van der Waals surface area contributed by atoms with Crippen molar-refractivity contribution in [3.8, 4) is 0 Å². The summed E-state index contributed by atoms with van der Waals surface area (Å²) in [4.78, 5) is 3.36. The summed E-state index contributed by atoms with van der Waals surface area (Å²) in [5.41, 5.74) is 3.37. The minimum absolute atomic E-state index is 0.782. The minimum atomic E-state index is 0.782. The third-order valence-corrected chi connectivity index (χ3v) is 0.395. The second-order valence-corrected chi connectivity index (χ2v) is 1.32. The zero-order valence-corrected chi connectivity index (χ0v) is 4.89. The van der Waals surface area contributed by atoms with Gasteiger partial charge in [-0.3, -0.25) is 10.4 Å². The molecule has 1 N–H and O–H groups in total. The third kappa shape index (κ3) is 4.88. The highest BCUT2D eigenvalue weighted by Gasteiger charge is 1.70. The molecule has 0 aliphatic heterocycles. The molecule has 0 aromatic carbocycles. The molecule has 0 aromatic rings. The van der Waals surface area contributed by atoms with Crippen LogP contribution in [0.25, 0.3) is 0 Å². The van der Waals surface area contributed by atoms with Crippen LogP contribution in [0, 0.1) is 0 Å². The van der Waals surface area contributed by atoms with Crippen LogP contribution in [0.1, 0.15) is 6.92 Å². The summed E-state index contributed by atoms with van der Waals surface area (Å²) in [6, 6.07) is 0. The predicted octanol–water partition coefficient (Wildman–Crippen LogP) is 0.754. The molecule has 3 nitrogen and oxygen atoms in total. The molecule has 0 heterocycles. The lowest BCUT2D eigenvalue weighted by atomic mass is 10.6. The first-order valence-electron chi connectivity index (χ1n) is 2.16. The van der Waals surface area contributed by atoms with Crippen LogP contribution in [-0.2, 0) is 0 Å². The molecule has 0 aromatic heterocycles. The standard InChI is InChI=1S/C5H9N3/c1-5(2)8-7-4-6-3/h4,8H,1,3H2,2H3/b7-4-. The van der Waals surface area contributed by atoms with Gasteiger partial charge < -0.3 is 0 Å². The van der Waals surface area contributed by atoms with Crippen molar-refractivity contribution in [2.75, 3.05) is 0 Å². The molecule has 0 saturated heterocycles. The van der Waals surface area contributed by atoms with Gasteiger partial charge in [0.25, 0.3) is 0 Å². The summed E-state index contributed by atoms with van der Waals surface area (Å²) in [6.45, 7) is 8.53. The number of allylic oxidation sites excluding steroid dienone is 1. The van der Waals surface area contributed by atoms with Crippen molar-refractivity contribution in [3.05, 3.63) is 12.3 Å². The van der Waals surface area contributed by atoms with E-state index < -0.39 is 0 Å². The molecule has 0 unspecified atom stereocenters. The van der Waals surface area contributed by atoms with Gasteiger partial charge in [0.15, 0.2) is 0 Å². The maximum absolute atomic E-state index is 3.59. The van der Waals surface area contributed by atoms with Crippen molar-refractivity contribution >= 4 is 13.1 Å². The van der Waals surface area contributed by atoms with Gasteiger partial charge in [-0.25, -0.2) is 0 Å². The molecule has 0 saturated carbocycles. The topological polar surface area (TPSA) is 36.8 Å². The van der Waals surface area contributed by atoms with Gasteiger partial charge in [0.1, 0.15) is 6.34 Å². The fourth-order valence-corrected chi connectivity index (χ4v) is 0.180. The molecule has 0 aliphatic carbocycles. The number of hydrogen-bond donors (Lipinski definition) is 1. The summed E-state index contributed by atoms with van der Waals surface area (Å²) in [5, 5.41) is 3.59. The second kappa shape index (κ2) is 4.05. The zero-order valence-electron chi connectivity index (χ0n) is 4.89. The number of nitrogens with zero attached hydrogens (tertiary/aromatic N) is 2. The first-order valence-corrected chi connectivity index (χ1v) is 2.16. The Hall–Kier alpha value is -1.12. The Morgan fingerprint density at radius 3 is 2.75 bits per heavy atom. The van der Waals surface area contributed by atoms with Crippen LogP contribution in [0.3, 0.4) is 0 Å². The average molecular weight is 111 g/mol. The van der Waals surface area contributed by atoms with Crippen LogP contribution in [0.15, 0.2) is 22.4 Å². The highest BCUT2D eigenvalue weighted by molar-refractivity contribution is 5.61. The lowest BCUT2D eigenvalue weighted by Gasteiger charge is -1.90. The first kappa shape index (κ1) is 6.88. The molecule has 0 radical (unpaired) electrons. The van der Waals surface area contributed by atoms with E-state index in [9.17, 15) is 0 Å². The molecule has 0 bridgehead atoms. The molecule has 0 atom stereocenters. The Kier molecular flexibility index (Phi) is 3.48. The van der Waals surface area contributed by atoms with E-state index in [0.717, 1.165) is 5.70 Å². The van der Waals surface area contributed by atoms with E-state index in [1.54, 1.807) is 6.92 Å². The molecule has 0 amide bonds. The number of hydrogen-bond acceptors (Lipinski definition) is 2. The molecular formula is C5H9N3. The number of rotatable bonds is 3. The van der Waals surface area contributed by atoms with Crippen molar-refractivity contribution < 1.29 is 0 Å². The van der Waals surface area contributed by atoms with Crippen LogP contribution in [0.2, 0.25) is 0 Å². The van der Waals surface area contributed by atoms with E-state index in [2.05, 4.69) is 28.8 Å². The van der Waals surface area contributed by atoms with Gasteiger partial charge in [-0.2, -0.15) is 5.10 Å². The quantitative estimate of drug-likeness (QED) is 0.325. The van der Waals surface area contributed by atoms with Crippen LogP contribution in [0.5, 0.6) is 0 Å². The maximum atomic E-state index is 3.59. The molecule has 0 spiro atoms. The molecule has 44 valence electrons. The number of nitrogens with one attached hydrogen (secondary N) is 1. The Morgan fingerprint density at radius 1 is 1.75 bits per heavy atom. The van der Waals surface area contributed by atoms with Gasteiger partial charge in [0.05, 0.1) is 0 Å². The Morgan fingerprint density at radius 2 is 2.38 bits per heavy atom. The molecule has 3 heteroatoms. The normalized spacial score (nSPS) is 9.12. The minimum Gasteiger partial charge on any atom is -0.282 e. The Balaban J connectivity index is 3.29. The van der Waals surface area contributed by atoms with E-state index in [1.807, 2.05) is 0 Å². The van der Waals surface area contributed by atoms with E-state index in [-0.39, 0.29) is 0 Å². The molecule has 0 aliphatic rings. The van der Waals surface area contributed by atoms with E-state index >= 15 is 0 Å². The van der Waals surface area contributed by atoms with Gasteiger partial charge in [-0.15, -0.1) is 0 Å². The van der Waals surface area contributed by atoms with Crippen LogP contribution in [-0.4, -0.2) is 13.1 Å². The Labute approximate surface area is 48.8 Å². The van der Waals surface area contributed by atoms with E-state index in [4.69, 9.17) is 0 Å². The molecule has 0 fully saturated rings. The predicted molar refractivity (Wildman–Crippen MR) is 36.0 cm³/mol. The fourth-order valence-electron chi connectivity index (χ4n) is 0.180. The van der Waals surface area contributed by atoms with Gasteiger partial charge in [-0.1, -0.05) is 6.58 Å². The van der Waals surface area contributed by atoms with Crippen LogP contribution in [0.4, 0.5) is 0 Å². The fraction of sp³-hybridized carbons (Fsp3) is 0.200. The van der Waals surface area contributed by atoms with Crippen molar-refractivity contribution in [2.45, 2.75) is 6.92 Å². The third-order valence-electron chi connectivity index (χ3n) is 0.395. The summed E-state index contributed by atoms with van der Waals surface area (Å²) >= 11 is 0. The average Bonchev–Trinajstić information content (AvgIpc) is 1.66. The maximum Gasteiger partial charge on any atom is 0.134 e. The monoisotopic (exact) mass is 111 g/mol. The molecule has 0 rings (SSSR count). The lowest BCUT2D eigenvalue weighted by molar-refractivity contribution is 0.897. The number of hydrazone groups is 1. The first-order chi connectivity index (χ1) is 3.77. The van der Waals surface area contributed by atoms with Crippen molar-refractivity contribution in [2.24, 2.45) is 10.1 Å². The highest BCUT2D eigenvalue weighted by Crippen LogP contribution is 1.74. The molecule has 8 heavy (non-hydrogen) atoms. The largest absolute Gasteiger partial charge is 0.282 e. The number of aliphatic imine (C=N–C) groups is 1. The zero-order chi connectivity index (χ0) is 6.41. The summed E-state index contributed by atoms with van der Waals surface area (Å²) in [5.74, 6) is 0. The van der Waals surface area contributed by atoms with Crippen LogP contribution >= 0.6 is 0 Å².